The fourth-order valence-corrected chi connectivity index (χ4v) is 1.92. The molecule has 1 unspecified atom stereocenters. The Morgan fingerprint density at radius 2 is 1.86 bits per heavy atom. The highest BCUT2D eigenvalue weighted by molar-refractivity contribution is 5.98. The molecule has 1 heterocycles. The van der Waals surface area contributed by atoms with Crippen LogP contribution in [-0.2, 0) is 4.79 Å². The molecule has 112 valence electrons. The first kappa shape index (κ1) is 14.9. The van der Waals surface area contributed by atoms with Crippen molar-refractivity contribution in [1.82, 2.24) is 10.6 Å². The summed E-state index contributed by atoms with van der Waals surface area (Å²) in [5, 5.41) is 6.08. The van der Waals surface area contributed by atoms with Crippen molar-refractivity contribution in [2.45, 2.75) is 32.9 Å². The minimum absolute atomic E-state index is 0.0195. The first-order chi connectivity index (χ1) is 9.86. The minimum Gasteiger partial charge on any atom is -0.451 e. The third-order valence-electron chi connectivity index (χ3n) is 2.94. The van der Waals surface area contributed by atoms with E-state index in [0.29, 0.717) is 11.3 Å². The number of rotatable bonds is 4. The standard InChI is InChI=1S/C15H19N3O3/c1-8(2)17-14(19)9(3)18-15(20)13-7-10-6-11(16)4-5-12(10)21-13/h4-9H,16H2,1-3H3,(H,17,19)(H,18,20). The van der Waals surface area contributed by atoms with E-state index in [1.165, 1.54) is 0 Å². The summed E-state index contributed by atoms with van der Waals surface area (Å²) >= 11 is 0. The zero-order chi connectivity index (χ0) is 15.6. The number of nitrogens with one attached hydrogen (secondary N) is 2. The van der Waals surface area contributed by atoms with Gasteiger partial charge in [-0.25, -0.2) is 0 Å². The van der Waals surface area contributed by atoms with Gasteiger partial charge in [0.25, 0.3) is 5.91 Å². The van der Waals surface area contributed by atoms with Gasteiger partial charge in [-0.3, -0.25) is 9.59 Å². The van der Waals surface area contributed by atoms with Crippen molar-refractivity contribution >= 4 is 28.5 Å². The first-order valence-electron chi connectivity index (χ1n) is 6.77. The molecule has 0 saturated carbocycles. The normalized spacial score (nSPS) is 12.4. The number of carbonyl (C=O) groups is 2. The Labute approximate surface area is 122 Å². The second-order valence-electron chi connectivity index (χ2n) is 5.27. The molecule has 4 N–H and O–H groups in total. The van der Waals surface area contributed by atoms with Gasteiger partial charge in [0.15, 0.2) is 5.76 Å². The number of anilines is 1. The van der Waals surface area contributed by atoms with E-state index in [2.05, 4.69) is 10.6 Å². The molecule has 1 aromatic carbocycles. The van der Waals surface area contributed by atoms with Gasteiger partial charge in [0.1, 0.15) is 11.6 Å². The first-order valence-corrected chi connectivity index (χ1v) is 6.77. The third kappa shape index (κ3) is 3.53. The molecule has 1 aromatic heterocycles. The number of hydrogen-bond acceptors (Lipinski definition) is 4. The maximum atomic E-state index is 12.1. The number of amides is 2. The van der Waals surface area contributed by atoms with Gasteiger partial charge in [-0.05, 0) is 45.0 Å². The summed E-state index contributed by atoms with van der Waals surface area (Å²) in [5.74, 6) is -0.519. The number of furan rings is 1. The molecular formula is C15H19N3O3. The number of benzene rings is 1. The number of carbonyl (C=O) groups excluding carboxylic acids is 2. The molecule has 0 bridgehead atoms. The molecule has 2 amide bonds. The highest BCUT2D eigenvalue weighted by Gasteiger charge is 2.19. The fourth-order valence-electron chi connectivity index (χ4n) is 1.92. The Hall–Kier alpha value is -2.50. The van der Waals surface area contributed by atoms with Crippen LogP contribution < -0.4 is 16.4 Å². The van der Waals surface area contributed by atoms with E-state index in [0.717, 1.165) is 5.39 Å². The van der Waals surface area contributed by atoms with Crippen LogP contribution in [0.25, 0.3) is 11.0 Å². The van der Waals surface area contributed by atoms with Crippen molar-refractivity contribution in [3.63, 3.8) is 0 Å². The molecule has 21 heavy (non-hydrogen) atoms. The van der Waals surface area contributed by atoms with Crippen LogP contribution in [0.5, 0.6) is 0 Å². The van der Waals surface area contributed by atoms with Crippen LogP contribution in [0, 0.1) is 0 Å². The van der Waals surface area contributed by atoms with Crippen LogP contribution in [0.2, 0.25) is 0 Å². The predicted molar refractivity (Wildman–Crippen MR) is 80.8 cm³/mol. The summed E-state index contributed by atoms with van der Waals surface area (Å²) in [7, 11) is 0. The van der Waals surface area contributed by atoms with Crippen molar-refractivity contribution in [3.05, 3.63) is 30.0 Å². The molecule has 0 aliphatic heterocycles. The van der Waals surface area contributed by atoms with E-state index in [-0.39, 0.29) is 17.7 Å². The van der Waals surface area contributed by atoms with Gasteiger partial charge in [-0.1, -0.05) is 0 Å². The Morgan fingerprint density at radius 1 is 1.14 bits per heavy atom. The molecule has 6 nitrogen and oxygen atoms in total. The Bertz CT molecular complexity index is 676. The SMILES string of the molecule is CC(C)NC(=O)C(C)NC(=O)c1cc2cc(N)ccc2o1. The average molecular weight is 289 g/mol. The summed E-state index contributed by atoms with van der Waals surface area (Å²) in [4.78, 5) is 23.8. The van der Waals surface area contributed by atoms with E-state index in [1.807, 2.05) is 13.8 Å². The van der Waals surface area contributed by atoms with Gasteiger partial charge in [0.2, 0.25) is 5.91 Å². The smallest absolute Gasteiger partial charge is 0.287 e. The average Bonchev–Trinajstić information content (AvgIpc) is 2.80. The quantitative estimate of drug-likeness (QED) is 0.746. The van der Waals surface area contributed by atoms with Crippen LogP contribution in [-0.4, -0.2) is 23.9 Å². The maximum absolute atomic E-state index is 12.1. The number of hydrogen-bond donors (Lipinski definition) is 3. The fraction of sp³-hybridized carbons (Fsp3) is 0.333. The minimum atomic E-state index is -0.641. The highest BCUT2D eigenvalue weighted by atomic mass is 16.3. The lowest BCUT2D eigenvalue weighted by Gasteiger charge is -2.15. The molecule has 0 aliphatic carbocycles. The van der Waals surface area contributed by atoms with Crippen LogP contribution >= 0.6 is 0 Å². The zero-order valence-corrected chi connectivity index (χ0v) is 12.3. The van der Waals surface area contributed by atoms with Crippen molar-refractivity contribution in [2.24, 2.45) is 0 Å². The van der Waals surface area contributed by atoms with Gasteiger partial charge in [0.05, 0.1) is 0 Å². The molecule has 0 aliphatic rings. The Balaban J connectivity index is 2.09. The second-order valence-corrected chi connectivity index (χ2v) is 5.27. The van der Waals surface area contributed by atoms with Crippen molar-refractivity contribution in [2.75, 3.05) is 5.73 Å². The van der Waals surface area contributed by atoms with Crippen LogP contribution in [0.1, 0.15) is 31.3 Å². The lowest BCUT2D eigenvalue weighted by molar-refractivity contribution is -0.123. The monoisotopic (exact) mass is 289 g/mol. The van der Waals surface area contributed by atoms with Crippen LogP contribution in [0.15, 0.2) is 28.7 Å². The molecule has 2 aromatic rings. The van der Waals surface area contributed by atoms with E-state index in [1.54, 1.807) is 31.2 Å². The Morgan fingerprint density at radius 3 is 2.52 bits per heavy atom. The van der Waals surface area contributed by atoms with E-state index in [4.69, 9.17) is 10.2 Å². The number of fused-ring (bicyclic) bond motifs is 1. The molecule has 0 radical (unpaired) electrons. The molecule has 1 atom stereocenters. The summed E-state index contributed by atoms with van der Waals surface area (Å²) in [5.41, 5.74) is 6.86. The zero-order valence-electron chi connectivity index (χ0n) is 12.3. The topological polar surface area (TPSA) is 97.4 Å². The number of nitrogens with two attached hydrogens (primary N) is 1. The lowest BCUT2D eigenvalue weighted by atomic mass is 10.2. The van der Waals surface area contributed by atoms with Gasteiger partial charge in [-0.15, -0.1) is 0 Å². The van der Waals surface area contributed by atoms with Crippen molar-refractivity contribution < 1.29 is 14.0 Å². The van der Waals surface area contributed by atoms with Gasteiger partial charge in [0, 0.05) is 17.1 Å². The van der Waals surface area contributed by atoms with E-state index in [9.17, 15) is 9.59 Å². The number of nitrogen functional groups attached to an aromatic ring is 1. The van der Waals surface area contributed by atoms with E-state index >= 15 is 0 Å². The van der Waals surface area contributed by atoms with Crippen molar-refractivity contribution in [1.29, 1.82) is 0 Å². The molecule has 2 rings (SSSR count). The maximum Gasteiger partial charge on any atom is 0.287 e. The molecule has 0 fully saturated rings. The van der Waals surface area contributed by atoms with Crippen LogP contribution in [0.4, 0.5) is 5.69 Å². The van der Waals surface area contributed by atoms with Gasteiger partial charge < -0.3 is 20.8 Å². The molecule has 0 saturated heterocycles. The Kier molecular flexibility index (Phi) is 4.16. The lowest BCUT2D eigenvalue weighted by Crippen LogP contribution is -2.46. The van der Waals surface area contributed by atoms with Gasteiger partial charge >= 0.3 is 0 Å². The molecule has 0 spiro atoms. The third-order valence-corrected chi connectivity index (χ3v) is 2.94. The summed E-state index contributed by atoms with van der Waals surface area (Å²) in [6.45, 7) is 5.34. The predicted octanol–water partition coefficient (Wildman–Crippen LogP) is 1.66. The van der Waals surface area contributed by atoms with Crippen molar-refractivity contribution in [3.8, 4) is 0 Å². The molecule has 6 heteroatoms. The summed E-state index contributed by atoms with van der Waals surface area (Å²) in [6.07, 6.45) is 0. The summed E-state index contributed by atoms with van der Waals surface area (Å²) < 4.78 is 5.45. The molecular weight excluding hydrogens is 270 g/mol. The largest absolute Gasteiger partial charge is 0.451 e. The van der Waals surface area contributed by atoms with E-state index < -0.39 is 11.9 Å². The highest BCUT2D eigenvalue weighted by Crippen LogP contribution is 2.21. The second kappa shape index (κ2) is 5.87. The van der Waals surface area contributed by atoms with Crippen LogP contribution in [0.3, 0.4) is 0 Å². The summed E-state index contributed by atoms with van der Waals surface area (Å²) in [6, 6.07) is 6.12. The van der Waals surface area contributed by atoms with Gasteiger partial charge in [-0.2, -0.15) is 0 Å².